The van der Waals surface area contributed by atoms with Gasteiger partial charge in [0.25, 0.3) is 0 Å². The fourth-order valence-corrected chi connectivity index (χ4v) is 5.81. The summed E-state index contributed by atoms with van der Waals surface area (Å²) in [6.07, 6.45) is 3.09. The van der Waals surface area contributed by atoms with E-state index in [4.69, 9.17) is 9.47 Å². The zero-order valence-electron chi connectivity index (χ0n) is 24.2. The Kier molecular flexibility index (Phi) is 10.6. The molecule has 1 fully saturated rings. The molecule has 6 atom stereocenters. The number of allylic oxidation sites excluding steroid dienone is 1. The van der Waals surface area contributed by atoms with Crippen LogP contribution >= 0.6 is 0 Å². The lowest BCUT2D eigenvalue weighted by atomic mass is 9.90. The van der Waals surface area contributed by atoms with Gasteiger partial charge in [-0.15, -0.1) is 0 Å². The molecule has 0 spiro atoms. The van der Waals surface area contributed by atoms with Crippen molar-refractivity contribution < 1.29 is 29.3 Å². The Labute approximate surface area is 252 Å². The van der Waals surface area contributed by atoms with Crippen LogP contribution in [0.4, 0.5) is 4.79 Å². The topological polar surface area (TPSA) is 117 Å². The second kappa shape index (κ2) is 15.0. The van der Waals surface area contributed by atoms with Crippen molar-refractivity contribution in [3.05, 3.63) is 113 Å². The summed E-state index contributed by atoms with van der Waals surface area (Å²) in [7, 11) is 0. The van der Waals surface area contributed by atoms with Gasteiger partial charge in [0, 0.05) is 18.8 Å². The first-order chi connectivity index (χ1) is 21.0. The number of carbonyl (C=O) groups excluding carboxylic acids is 2. The molecule has 4 N–H and O–H groups in total. The number of alkyl carbamates (subject to hydrolysis) is 1. The maximum atomic E-state index is 13.8. The van der Waals surface area contributed by atoms with Gasteiger partial charge in [-0.3, -0.25) is 4.79 Å². The lowest BCUT2D eigenvalue weighted by molar-refractivity contribution is -0.127. The summed E-state index contributed by atoms with van der Waals surface area (Å²) in [5, 5.41) is 28.2. The minimum atomic E-state index is -1.05. The molecule has 5 rings (SSSR count). The second-order valence-electron chi connectivity index (χ2n) is 11.3. The van der Waals surface area contributed by atoms with Crippen LogP contribution in [0.3, 0.4) is 0 Å². The Hall–Kier alpha value is -3.98. The highest BCUT2D eigenvalue weighted by molar-refractivity contribution is 5.80. The van der Waals surface area contributed by atoms with Crippen LogP contribution in [0, 0.1) is 5.92 Å². The van der Waals surface area contributed by atoms with Gasteiger partial charge in [0.2, 0.25) is 5.91 Å². The van der Waals surface area contributed by atoms with Crippen LogP contribution < -0.4 is 10.6 Å². The number of fused-ring (bicyclic) bond motifs is 1. The van der Waals surface area contributed by atoms with Gasteiger partial charge in [0.15, 0.2) is 0 Å². The summed E-state index contributed by atoms with van der Waals surface area (Å²) >= 11 is 0. The van der Waals surface area contributed by atoms with Crippen LogP contribution in [0.2, 0.25) is 0 Å². The van der Waals surface area contributed by atoms with Crippen LogP contribution in [0.25, 0.3) is 6.08 Å². The molecule has 3 aromatic carbocycles. The zero-order valence-corrected chi connectivity index (χ0v) is 24.2. The SMILES string of the molecule is O=C(N[C@@H](Cc1ccccc1)[C@@H](O)C[C@@H](CC=Cc1ccccc1)C(=O)N[C@H]1c2ccccc2C[C@H]1O)O[C@H]1CCOC1. The number of rotatable bonds is 12. The third-order valence-electron chi connectivity index (χ3n) is 8.16. The molecule has 43 heavy (non-hydrogen) atoms. The lowest BCUT2D eigenvalue weighted by Gasteiger charge is -2.28. The number of aliphatic hydroxyl groups excluding tert-OH is 2. The maximum absolute atomic E-state index is 13.8. The van der Waals surface area contributed by atoms with Gasteiger partial charge in [-0.2, -0.15) is 0 Å². The van der Waals surface area contributed by atoms with Crippen molar-refractivity contribution in [3.8, 4) is 0 Å². The number of hydrogen-bond acceptors (Lipinski definition) is 6. The van der Waals surface area contributed by atoms with E-state index >= 15 is 0 Å². The summed E-state index contributed by atoms with van der Waals surface area (Å²) in [6, 6.07) is 25.9. The third-order valence-corrected chi connectivity index (χ3v) is 8.16. The number of nitrogens with one attached hydrogen (secondary N) is 2. The predicted molar refractivity (Wildman–Crippen MR) is 164 cm³/mol. The number of hydrogen-bond donors (Lipinski definition) is 4. The molecule has 8 nitrogen and oxygen atoms in total. The quantitative estimate of drug-likeness (QED) is 0.251. The Bertz CT molecular complexity index is 1360. The number of benzene rings is 3. The van der Waals surface area contributed by atoms with Crippen molar-refractivity contribution in [2.45, 2.75) is 62.5 Å². The van der Waals surface area contributed by atoms with Crippen molar-refractivity contribution in [1.82, 2.24) is 10.6 Å². The van der Waals surface area contributed by atoms with Crippen LogP contribution in [0.15, 0.2) is 91.0 Å². The van der Waals surface area contributed by atoms with E-state index in [0.29, 0.717) is 38.9 Å². The molecule has 1 saturated heterocycles. The van der Waals surface area contributed by atoms with Gasteiger partial charge in [-0.25, -0.2) is 4.79 Å². The molecule has 0 bridgehead atoms. The summed E-state index contributed by atoms with van der Waals surface area (Å²) < 4.78 is 10.8. The summed E-state index contributed by atoms with van der Waals surface area (Å²) in [6.45, 7) is 0.896. The van der Waals surface area contributed by atoms with Crippen molar-refractivity contribution in [2.24, 2.45) is 5.92 Å². The highest BCUT2D eigenvalue weighted by atomic mass is 16.6. The Morgan fingerprint density at radius 2 is 1.72 bits per heavy atom. The molecule has 1 heterocycles. The van der Waals surface area contributed by atoms with Gasteiger partial charge in [-0.05, 0) is 41.5 Å². The van der Waals surface area contributed by atoms with Crippen molar-refractivity contribution in [1.29, 1.82) is 0 Å². The zero-order chi connectivity index (χ0) is 30.0. The largest absolute Gasteiger partial charge is 0.444 e. The van der Waals surface area contributed by atoms with Crippen LogP contribution in [0.5, 0.6) is 0 Å². The van der Waals surface area contributed by atoms with E-state index in [-0.39, 0.29) is 18.4 Å². The Morgan fingerprint density at radius 3 is 2.47 bits per heavy atom. The monoisotopic (exact) mass is 584 g/mol. The van der Waals surface area contributed by atoms with Crippen molar-refractivity contribution in [3.63, 3.8) is 0 Å². The van der Waals surface area contributed by atoms with Gasteiger partial charge in [-0.1, -0.05) is 97.1 Å². The average molecular weight is 585 g/mol. The molecule has 8 heteroatoms. The van der Waals surface area contributed by atoms with E-state index in [0.717, 1.165) is 22.3 Å². The van der Waals surface area contributed by atoms with Gasteiger partial charge in [0.05, 0.1) is 37.5 Å². The second-order valence-corrected chi connectivity index (χ2v) is 11.3. The van der Waals surface area contributed by atoms with Crippen molar-refractivity contribution >= 4 is 18.1 Å². The fourth-order valence-electron chi connectivity index (χ4n) is 5.81. The van der Waals surface area contributed by atoms with E-state index in [2.05, 4.69) is 10.6 Å². The van der Waals surface area contributed by atoms with Gasteiger partial charge < -0.3 is 30.3 Å². The molecule has 2 aliphatic rings. The minimum Gasteiger partial charge on any atom is -0.444 e. The molecular weight excluding hydrogens is 544 g/mol. The molecule has 0 radical (unpaired) electrons. The number of aliphatic hydroxyl groups is 2. The molecule has 0 saturated carbocycles. The maximum Gasteiger partial charge on any atom is 0.407 e. The predicted octanol–water partition coefficient (Wildman–Crippen LogP) is 4.36. The standard InChI is InChI=1S/C35H40N2O6/c38-31(30(20-25-12-5-2-6-13-25)36-35(41)43-28-18-19-42-23-28)22-27(16-9-14-24-10-3-1-4-11-24)34(40)37-33-29-17-8-7-15-26(29)21-32(33)39/h1-15,17,27-28,30-33,38-39H,16,18-23H2,(H,36,41)(H,37,40)/t27-,28+,30+,31+,32-,33+/m1/s1. The molecule has 3 aromatic rings. The molecule has 2 amide bonds. The molecule has 0 unspecified atom stereocenters. The molecule has 226 valence electrons. The molecule has 1 aliphatic heterocycles. The normalized spacial score (nSPS) is 21.6. The van der Waals surface area contributed by atoms with Crippen molar-refractivity contribution in [2.75, 3.05) is 13.2 Å². The summed E-state index contributed by atoms with van der Waals surface area (Å²) in [5.41, 5.74) is 3.86. The van der Waals surface area contributed by atoms with Gasteiger partial charge >= 0.3 is 6.09 Å². The summed E-state index contributed by atoms with van der Waals surface area (Å²) in [5.74, 6) is -0.879. The first-order valence-electron chi connectivity index (χ1n) is 15.0. The van der Waals surface area contributed by atoms with Crippen LogP contribution in [-0.4, -0.2) is 59.8 Å². The average Bonchev–Trinajstić information content (AvgIpc) is 3.64. The first-order valence-corrected chi connectivity index (χ1v) is 15.0. The lowest BCUT2D eigenvalue weighted by Crippen LogP contribution is -2.48. The third kappa shape index (κ3) is 8.54. The van der Waals surface area contributed by atoms with Gasteiger partial charge in [0.1, 0.15) is 6.10 Å². The highest BCUT2D eigenvalue weighted by Crippen LogP contribution is 2.32. The van der Waals surface area contributed by atoms with E-state index in [1.807, 2.05) is 97.1 Å². The van der Waals surface area contributed by atoms with E-state index in [1.165, 1.54) is 0 Å². The van der Waals surface area contributed by atoms with Crippen LogP contribution in [0.1, 0.15) is 47.6 Å². The first kappa shape index (κ1) is 30.5. The Balaban J connectivity index is 1.32. The van der Waals surface area contributed by atoms with Crippen LogP contribution in [-0.2, 0) is 27.1 Å². The molecular formula is C35H40N2O6. The smallest absolute Gasteiger partial charge is 0.407 e. The summed E-state index contributed by atoms with van der Waals surface area (Å²) in [4.78, 5) is 26.6. The minimum absolute atomic E-state index is 0.0970. The Morgan fingerprint density at radius 1 is 1.00 bits per heavy atom. The molecule has 1 aliphatic carbocycles. The fraction of sp³-hybridized carbons (Fsp3) is 0.371. The number of carbonyl (C=O) groups is 2. The number of amides is 2. The van der Waals surface area contributed by atoms with E-state index < -0.39 is 36.3 Å². The van der Waals surface area contributed by atoms with E-state index in [1.54, 1.807) is 0 Å². The highest BCUT2D eigenvalue weighted by Gasteiger charge is 2.35. The number of ether oxygens (including phenoxy) is 2. The molecule has 0 aromatic heterocycles. The van der Waals surface area contributed by atoms with E-state index in [9.17, 15) is 19.8 Å².